The van der Waals surface area contributed by atoms with Crippen LogP contribution in [0.25, 0.3) is 0 Å². The lowest BCUT2D eigenvalue weighted by Gasteiger charge is -2.26. The van der Waals surface area contributed by atoms with Gasteiger partial charge in [-0.1, -0.05) is 0 Å². The first-order chi connectivity index (χ1) is 13.5. The summed E-state index contributed by atoms with van der Waals surface area (Å²) in [7, 11) is 1.66. The van der Waals surface area contributed by atoms with Crippen molar-refractivity contribution in [1.29, 1.82) is 0 Å². The smallest absolute Gasteiger partial charge is 0.434 e. The predicted molar refractivity (Wildman–Crippen MR) is 118 cm³/mol. The van der Waals surface area contributed by atoms with E-state index >= 15 is 0 Å². The summed E-state index contributed by atoms with van der Waals surface area (Å²) < 4.78 is 43.4. The fraction of sp³-hybridized carbons (Fsp3) is 0.556. The van der Waals surface area contributed by atoms with E-state index in [9.17, 15) is 13.2 Å². The fourth-order valence-electron chi connectivity index (χ4n) is 3.20. The topological polar surface area (TPSA) is 65.7 Å². The minimum Gasteiger partial charge on any atom is -0.468 e. The Kier molecular flexibility index (Phi) is 9.21. The van der Waals surface area contributed by atoms with Gasteiger partial charge in [0, 0.05) is 31.9 Å². The van der Waals surface area contributed by atoms with Crippen molar-refractivity contribution in [3.8, 4) is 0 Å². The van der Waals surface area contributed by atoms with Gasteiger partial charge >= 0.3 is 6.18 Å². The van der Waals surface area contributed by atoms with E-state index in [1.165, 1.54) is 12.8 Å². The monoisotopic (exact) mass is 543 g/mol. The van der Waals surface area contributed by atoms with E-state index < -0.39 is 11.9 Å². The highest BCUT2D eigenvalue weighted by Crippen LogP contribution is 2.30. The summed E-state index contributed by atoms with van der Waals surface area (Å²) in [6, 6.07) is 3.97. The van der Waals surface area contributed by atoms with Gasteiger partial charge in [-0.05, 0) is 38.1 Å². The van der Waals surface area contributed by atoms with Gasteiger partial charge in [-0.15, -0.1) is 35.3 Å². The first kappa shape index (κ1) is 23.9. The Bertz CT molecular complexity index is 760. The fourth-order valence-corrected chi connectivity index (χ4v) is 4.01. The molecule has 0 spiro atoms. The summed E-state index contributed by atoms with van der Waals surface area (Å²) >= 11 is 1.02. The zero-order chi connectivity index (χ0) is 20.0. The summed E-state index contributed by atoms with van der Waals surface area (Å²) in [4.78, 5) is 10.2. The van der Waals surface area contributed by atoms with Gasteiger partial charge in [0.15, 0.2) is 11.7 Å². The molecule has 11 heteroatoms. The van der Waals surface area contributed by atoms with Crippen molar-refractivity contribution >= 4 is 41.3 Å². The number of likely N-dealkylation sites (tertiary alicyclic amines) is 1. The zero-order valence-electron chi connectivity index (χ0n) is 16.0. The average molecular weight is 543 g/mol. The van der Waals surface area contributed by atoms with Gasteiger partial charge in [-0.2, -0.15) is 13.2 Å². The first-order valence-electron chi connectivity index (χ1n) is 9.21. The molecule has 1 atom stereocenters. The number of nitrogens with one attached hydrogen (secondary N) is 2. The van der Waals surface area contributed by atoms with Crippen LogP contribution in [0.5, 0.6) is 0 Å². The highest BCUT2D eigenvalue weighted by Gasteiger charge is 2.33. The average Bonchev–Trinajstić information content (AvgIpc) is 3.41. The molecule has 3 rings (SSSR count). The Hall–Kier alpha value is -1.34. The van der Waals surface area contributed by atoms with E-state index in [1.807, 2.05) is 12.1 Å². The van der Waals surface area contributed by atoms with Gasteiger partial charge in [-0.3, -0.25) is 9.89 Å². The number of hydrogen-bond donors (Lipinski definition) is 2. The van der Waals surface area contributed by atoms with Crippen LogP contribution >= 0.6 is 35.3 Å². The summed E-state index contributed by atoms with van der Waals surface area (Å²) in [6.45, 7) is 3.14. The molecule has 2 aromatic rings. The van der Waals surface area contributed by atoms with Crippen LogP contribution < -0.4 is 10.6 Å². The lowest BCUT2D eigenvalue weighted by atomic mass is 10.2. The van der Waals surface area contributed by atoms with Crippen molar-refractivity contribution in [2.45, 2.75) is 31.5 Å². The molecule has 0 bridgehead atoms. The van der Waals surface area contributed by atoms with Crippen molar-refractivity contribution in [3.05, 3.63) is 40.2 Å². The normalized spacial score (nSPS) is 16.5. The van der Waals surface area contributed by atoms with Crippen molar-refractivity contribution in [1.82, 2.24) is 20.5 Å². The standard InChI is InChI=1S/C18H24F3N5OS.HI/c1-22-17(23-7-6-16-25-15(12-28-16)18(19,20)21)24-11-13(14-5-4-10-27-14)26-8-2-3-9-26;/h4-5,10,12-13H,2-3,6-9,11H2,1H3,(H2,22,23,24);1H. The van der Waals surface area contributed by atoms with E-state index in [4.69, 9.17) is 4.42 Å². The molecule has 0 aliphatic carbocycles. The minimum absolute atomic E-state index is 0. The third-order valence-electron chi connectivity index (χ3n) is 4.61. The summed E-state index contributed by atoms with van der Waals surface area (Å²) in [6.07, 6.45) is 0.0376. The van der Waals surface area contributed by atoms with Crippen molar-refractivity contribution in [2.75, 3.05) is 33.2 Å². The highest BCUT2D eigenvalue weighted by atomic mass is 127. The van der Waals surface area contributed by atoms with Crippen LogP contribution in [0.1, 0.15) is 35.3 Å². The summed E-state index contributed by atoms with van der Waals surface area (Å²) in [5, 5.41) is 7.92. The van der Waals surface area contributed by atoms with Gasteiger partial charge in [-0.25, -0.2) is 4.98 Å². The molecule has 1 fully saturated rings. The lowest BCUT2D eigenvalue weighted by molar-refractivity contribution is -0.140. The van der Waals surface area contributed by atoms with Gasteiger partial charge < -0.3 is 15.1 Å². The number of furan rings is 1. The maximum Gasteiger partial charge on any atom is 0.434 e. The molecule has 1 saturated heterocycles. The Labute approximate surface area is 189 Å². The molecule has 2 aromatic heterocycles. The van der Waals surface area contributed by atoms with Gasteiger partial charge in [0.1, 0.15) is 5.76 Å². The summed E-state index contributed by atoms with van der Waals surface area (Å²) in [5.74, 6) is 1.51. The molecule has 0 radical (unpaired) electrons. The van der Waals surface area contributed by atoms with Crippen LogP contribution in [0.3, 0.4) is 0 Å². The van der Waals surface area contributed by atoms with Crippen molar-refractivity contribution < 1.29 is 17.6 Å². The second-order valence-corrected chi connectivity index (χ2v) is 7.47. The molecule has 3 heterocycles. The predicted octanol–water partition coefficient (Wildman–Crippen LogP) is 3.92. The molecular weight excluding hydrogens is 518 g/mol. The number of nitrogens with zero attached hydrogens (tertiary/aromatic N) is 3. The number of halogens is 4. The quantitative estimate of drug-likeness (QED) is 0.315. The van der Waals surface area contributed by atoms with Crippen molar-refractivity contribution in [3.63, 3.8) is 0 Å². The lowest BCUT2D eigenvalue weighted by Crippen LogP contribution is -2.43. The van der Waals surface area contributed by atoms with Gasteiger partial charge in [0.05, 0.1) is 17.3 Å². The second-order valence-electron chi connectivity index (χ2n) is 6.53. The second kappa shape index (κ2) is 11.2. The minimum atomic E-state index is -4.39. The van der Waals surface area contributed by atoms with E-state index in [0.29, 0.717) is 30.5 Å². The van der Waals surface area contributed by atoms with Crippen LogP contribution in [0.15, 0.2) is 33.2 Å². The Morgan fingerprint density at radius 2 is 2.10 bits per heavy atom. The molecule has 0 aromatic carbocycles. The van der Waals surface area contributed by atoms with Crippen LogP contribution in [-0.2, 0) is 12.6 Å². The number of alkyl halides is 3. The number of thiazole rings is 1. The third kappa shape index (κ3) is 6.85. The molecule has 0 saturated carbocycles. The van der Waals surface area contributed by atoms with Crippen LogP contribution in [0.4, 0.5) is 13.2 Å². The van der Waals surface area contributed by atoms with Gasteiger partial charge in [0.25, 0.3) is 0 Å². The molecule has 0 amide bonds. The van der Waals surface area contributed by atoms with E-state index in [1.54, 1.807) is 13.3 Å². The number of guanidine groups is 1. The maximum atomic E-state index is 12.6. The molecule has 2 N–H and O–H groups in total. The Morgan fingerprint density at radius 3 is 2.69 bits per heavy atom. The number of hydrogen-bond acceptors (Lipinski definition) is 5. The van der Waals surface area contributed by atoms with E-state index in [-0.39, 0.29) is 30.0 Å². The van der Waals surface area contributed by atoms with Crippen molar-refractivity contribution in [2.24, 2.45) is 4.99 Å². The maximum absolute atomic E-state index is 12.6. The van der Waals surface area contributed by atoms with Crippen LogP contribution in [0.2, 0.25) is 0 Å². The molecule has 1 aliphatic rings. The van der Waals surface area contributed by atoms with E-state index in [2.05, 4.69) is 25.5 Å². The number of aromatic nitrogens is 1. The van der Waals surface area contributed by atoms with Crippen LogP contribution in [0, 0.1) is 0 Å². The zero-order valence-corrected chi connectivity index (χ0v) is 19.2. The molecule has 29 heavy (non-hydrogen) atoms. The number of rotatable bonds is 7. The van der Waals surface area contributed by atoms with Gasteiger partial charge in [0.2, 0.25) is 0 Å². The molecule has 1 unspecified atom stereocenters. The largest absolute Gasteiger partial charge is 0.468 e. The Balaban J connectivity index is 0.00000300. The molecule has 6 nitrogen and oxygen atoms in total. The molecule has 162 valence electrons. The SMILES string of the molecule is CN=C(NCCc1nc(C(F)(F)F)cs1)NCC(c1ccco1)N1CCCC1.I. The highest BCUT2D eigenvalue weighted by molar-refractivity contribution is 14.0. The summed E-state index contributed by atoms with van der Waals surface area (Å²) in [5.41, 5.74) is -0.832. The van der Waals surface area contributed by atoms with E-state index in [0.717, 1.165) is 35.6 Å². The molecular formula is C18H25F3IN5OS. The first-order valence-corrected chi connectivity index (χ1v) is 10.1. The Morgan fingerprint density at radius 1 is 1.34 bits per heavy atom. The third-order valence-corrected chi connectivity index (χ3v) is 5.52. The number of aliphatic imine (C=N–C) groups is 1. The molecule has 1 aliphatic heterocycles. The van der Waals surface area contributed by atoms with Crippen LogP contribution in [-0.4, -0.2) is 49.1 Å².